The minimum Gasteiger partial charge on any atom is -0.389 e. The summed E-state index contributed by atoms with van der Waals surface area (Å²) in [5.74, 6) is -0.515. The third kappa shape index (κ3) is 4.20. The van der Waals surface area contributed by atoms with Crippen molar-refractivity contribution in [1.82, 2.24) is 0 Å². The van der Waals surface area contributed by atoms with Gasteiger partial charge in [-0.15, -0.1) is 0 Å². The summed E-state index contributed by atoms with van der Waals surface area (Å²) in [4.78, 5) is 13.0. The lowest BCUT2D eigenvalue weighted by Crippen LogP contribution is -2.37. The van der Waals surface area contributed by atoms with Crippen molar-refractivity contribution in [3.05, 3.63) is 29.1 Å². The zero-order valence-electron chi connectivity index (χ0n) is 12.5. The van der Waals surface area contributed by atoms with Crippen LogP contribution in [0.5, 0.6) is 0 Å². The summed E-state index contributed by atoms with van der Waals surface area (Å²) in [6.45, 7) is 7.92. The van der Waals surface area contributed by atoms with E-state index in [9.17, 15) is 14.3 Å². The van der Waals surface area contributed by atoms with E-state index >= 15 is 0 Å². The molecular weight excluding hydrogens is 259 g/mol. The minimum absolute atomic E-state index is 0.0446. The number of nitrogens with two attached hydrogens (primary N) is 1. The van der Waals surface area contributed by atoms with Crippen LogP contribution in [0.25, 0.3) is 0 Å². The van der Waals surface area contributed by atoms with Crippen LogP contribution in [0.1, 0.15) is 38.0 Å². The van der Waals surface area contributed by atoms with Gasteiger partial charge in [-0.2, -0.15) is 0 Å². The normalized spacial score (nSPS) is 12.6. The van der Waals surface area contributed by atoms with Gasteiger partial charge in [0.1, 0.15) is 5.82 Å². The van der Waals surface area contributed by atoms with E-state index in [1.807, 2.05) is 13.8 Å². The van der Waals surface area contributed by atoms with Crippen LogP contribution in [0.3, 0.4) is 0 Å². The summed E-state index contributed by atoms with van der Waals surface area (Å²) in [7, 11) is 0. The van der Waals surface area contributed by atoms with E-state index in [0.717, 1.165) is 0 Å². The molecule has 112 valence electrons. The average molecular weight is 282 g/mol. The Morgan fingerprint density at radius 3 is 2.45 bits per heavy atom. The lowest BCUT2D eigenvalue weighted by molar-refractivity contribution is -0.116. The number of carbonyl (C=O) groups excluding carboxylic acids is 1. The van der Waals surface area contributed by atoms with Gasteiger partial charge in [-0.3, -0.25) is 4.79 Å². The number of benzene rings is 1. The molecule has 1 amide bonds. The van der Waals surface area contributed by atoms with Gasteiger partial charge in [-0.1, -0.05) is 13.8 Å². The molecule has 0 saturated heterocycles. The highest BCUT2D eigenvalue weighted by Gasteiger charge is 2.19. The first-order valence-corrected chi connectivity index (χ1v) is 6.73. The first-order valence-electron chi connectivity index (χ1n) is 6.73. The van der Waals surface area contributed by atoms with Crippen LogP contribution in [-0.2, 0) is 4.79 Å². The minimum atomic E-state index is -0.817. The average Bonchev–Trinajstić information content (AvgIpc) is 2.29. The Morgan fingerprint density at radius 2 is 2.00 bits per heavy atom. The van der Waals surface area contributed by atoms with Gasteiger partial charge in [-0.25, -0.2) is 4.39 Å². The molecule has 0 aromatic heterocycles. The zero-order chi connectivity index (χ0) is 15.4. The number of aliphatic hydroxyl groups excluding tert-OH is 1. The van der Waals surface area contributed by atoms with Crippen LogP contribution < -0.4 is 10.6 Å². The van der Waals surface area contributed by atoms with Crippen molar-refractivity contribution in [3.63, 3.8) is 0 Å². The summed E-state index contributed by atoms with van der Waals surface area (Å²) >= 11 is 0. The van der Waals surface area contributed by atoms with Gasteiger partial charge in [0, 0.05) is 17.8 Å². The van der Waals surface area contributed by atoms with E-state index in [1.54, 1.807) is 24.8 Å². The smallest absolute Gasteiger partial charge is 0.236 e. The predicted octanol–water partition coefficient (Wildman–Crippen LogP) is 2.14. The molecule has 0 aliphatic heterocycles. The molecule has 0 saturated carbocycles. The molecule has 0 radical (unpaired) electrons. The molecule has 1 atom stereocenters. The van der Waals surface area contributed by atoms with Crippen LogP contribution in [0.2, 0.25) is 0 Å². The van der Waals surface area contributed by atoms with Gasteiger partial charge in [0.25, 0.3) is 0 Å². The Kier molecular flexibility index (Phi) is 5.51. The van der Waals surface area contributed by atoms with Gasteiger partial charge in [0.2, 0.25) is 5.91 Å². The number of anilines is 1. The van der Waals surface area contributed by atoms with E-state index in [-0.39, 0.29) is 12.4 Å². The number of hydrogen-bond acceptors (Lipinski definition) is 3. The molecule has 5 heteroatoms. The van der Waals surface area contributed by atoms with Crippen molar-refractivity contribution >= 4 is 11.6 Å². The number of carbonyl (C=O) groups is 1. The molecule has 1 rings (SSSR count). The van der Waals surface area contributed by atoms with Crippen molar-refractivity contribution in [2.45, 2.75) is 33.8 Å². The fraction of sp³-hybridized carbons (Fsp3) is 0.533. The van der Waals surface area contributed by atoms with E-state index in [1.165, 1.54) is 6.07 Å². The zero-order valence-corrected chi connectivity index (χ0v) is 12.5. The second kappa shape index (κ2) is 6.70. The van der Waals surface area contributed by atoms with E-state index < -0.39 is 12.0 Å². The summed E-state index contributed by atoms with van der Waals surface area (Å²) in [5, 5.41) is 9.83. The fourth-order valence-electron chi connectivity index (χ4n) is 2.17. The number of amides is 1. The third-order valence-electron chi connectivity index (χ3n) is 3.03. The Labute approximate surface area is 119 Å². The summed E-state index contributed by atoms with van der Waals surface area (Å²) in [5.41, 5.74) is 6.88. The number of aryl methyl sites for hydroxylation is 1. The van der Waals surface area contributed by atoms with Crippen LogP contribution in [-0.4, -0.2) is 24.1 Å². The number of aliphatic hydroxyl groups is 1. The second-order valence-corrected chi connectivity index (χ2v) is 5.58. The number of halogens is 1. The van der Waals surface area contributed by atoms with Gasteiger partial charge in [0.05, 0.1) is 12.6 Å². The van der Waals surface area contributed by atoms with Crippen molar-refractivity contribution in [3.8, 4) is 0 Å². The Hall–Kier alpha value is -1.62. The quantitative estimate of drug-likeness (QED) is 0.840. The molecule has 1 aromatic carbocycles. The first-order chi connectivity index (χ1) is 9.22. The molecule has 0 spiro atoms. The van der Waals surface area contributed by atoms with Gasteiger partial charge < -0.3 is 15.7 Å². The maximum absolute atomic E-state index is 13.7. The molecule has 4 nitrogen and oxygen atoms in total. The van der Waals surface area contributed by atoms with Crippen LogP contribution in [0.15, 0.2) is 12.1 Å². The Morgan fingerprint density at radius 1 is 1.40 bits per heavy atom. The molecule has 0 aliphatic rings. The number of primary amides is 1. The van der Waals surface area contributed by atoms with Crippen LogP contribution in [0.4, 0.5) is 10.1 Å². The maximum atomic E-state index is 13.7. The lowest BCUT2D eigenvalue weighted by Gasteiger charge is -2.29. The molecule has 1 aromatic rings. The first kappa shape index (κ1) is 16.4. The van der Waals surface area contributed by atoms with Gasteiger partial charge in [-0.05, 0) is 37.5 Å². The Balaban J connectivity index is 3.29. The van der Waals surface area contributed by atoms with Gasteiger partial charge in [0.15, 0.2) is 0 Å². The largest absolute Gasteiger partial charge is 0.389 e. The van der Waals surface area contributed by atoms with Gasteiger partial charge >= 0.3 is 0 Å². The molecule has 0 heterocycles. The maximum Gasteiger partial charge on any atom is 0.236 e. The summed E-state index contributed by atoms with van der Waals surface area (Å²) < 4.78 is 13.7. The number of hydrogen-bond donors (Lipinski definition) is 2. The molecule has 0 bridgehead atoms. The van der Waals surface area contributed by atoms with E-state index in [0.29, 0.717) is 29.3 Å². The fourth-order valence-corrected chi connectivity index (χ4v) is 2.17. The highest BCUT2D eigenvalue weighted by Crippen LogP contribution is 2.29. The summed E-state index contributed by atoms with van der Waals surface area (Å²) in [6.07, 6.45) is -0.817. The number of nitrogens with zero attached hydrogens (tertiary/aromatic N) is 1. The second-order valence-electron chi connectivity index (χ2n) is 5.58. The molecule has 3 N–H and O–H groups in total. The lowest BCUT2D eigenvalue weighted by atomic mass is 10.0. The van der Waals surface area contributed by atoms with Crippen molar-refractivity contribution in [1.29, 1.82) is 0 Å². The third-order valence-corrected chi connectivity index (χ3v) is 3.03. The predicted molar refractivity (Wildman–Crippen MR) is 78.0 cm³/mol. The molecular formula is C15H23FN2O2. The topological polar surface area (TPSA) is 66.6 Å². The van der Waals surface area contributed by atoms with Crippen molar-refractivity contribution < 1.29 is 14.3 Å². The standard InChI is InChI=1S/C15H23FN2O2/c1-9(2)7-18(8-15(17)20)14-5-10(3)13(16)6-12(14)11(4)19/h5-6,9,11,19H,7-8H2,1-4H3,(H2,17,20). The highest BCUT2D eigenvalue weighted by molar-refractivity contribution is 5.80. The molecule has 20 heavy (non-hydrogen) atoms. The Bertz CT molecular complexity index is 487. The van der Waals surface area contributed by atoms with E-state index in [2.05, 4.69) is 0 Å². The highest BCUT2D eigenvalue weighted by atomic mass is 19.1. The monoisotopic (exact) mass is 282 g/mol. The van der Waals surface area contributed by atoms with E-state index in [4.69, 9.17) is 5.73 Å². The molecule has 1 unspecified atom stereocenters. The van der Waals surface area contributed by atoms with Crippen LogP contribution in [0, 0.1) is 18.7 Å². The number of rotatable bonds is 6. The van der Waals surface area contributed by atoms with Crippen LogP contribution >= 0.6 is 0 Å². The molecule has 0 aliphatic carbocycles. The van der Waals surface area contributed by atoms with Crippen molar-refractivity contribution in [2.75, 3.05) is 18.0 Å². The van der Waals surface area contributed by atoms with Crippen molar-refractivity contribution in [2.24, 2.45) is 11.7 Å². The summed E-state index contributed by atoms with van der Waals surface area (Å²) in [6, 6.07) is 2.98. The molecule has 0 fully saturated rings. The SMILES string of the molecule is Cc1cc(N(CC(N)=O)CC(C)C)c(C(C)O)cc1F.